The van der Waals surface area contributed by atoms with Crippen LogP contribution >= 0.6 is 11.8 Å². The van der Waals surface area contributed by atoms with E-state index in [2.05, 4.69) is 41.3 Å². The SMILES string of the molecule is C=O.C=O.CC.COc1ccc(CCC2CCN(C3=NC(Cc4ccccc4OC)CCS3)CC2)cc1. The fourth-order valence-electron chi connectivity index (χ4n) is 4.57. The smallest absolute Gasteiger partial charge is 0.159 e. The van der Waals surface area contributed by atoms with Crippen molar-refractivity contribution in [2.45, 2.75) is 58.4 Å². The second-order valence-corrected chi connectivity index (χ2v) is 9.60. The van der Waals surface area contributed by atoms with Crippen LogP contribution in [0.25, 0.3) is 0 Å². The first-order valence-corrected chi connectivity index (χ1v) is 14.0. The number of hydrogen-bond acceptors (Lipinski definition) is 7. The van der Waals surface area contributed by atoms with E-state index in [0.29, 0.717) is 6.04 Å². The van der Waals surface area contributed by atoms with Gasteiger partial charge in [0.1, 0.15) is 25.1 Å². The van der Waals surface area contributed by atoms with Crippen molar-refractivity contribution in [1.82, 2.24) is 4.90 Å². The summed E-state index contributed by atoms with van der Waals surface area (Å²) >= 11 is 1.94. The first-order chi connectivity index (χ1) is 18.2. The Hall–Kier alpha value is -2.80. The number of thioether (sulfide) groups is 1. The molecular weight excluding hydrogens is 484 g/mol. The number of aryl methyl sites for hydroxylation is 1. The number of piperidine rings is 1. The quantitative estimate of drug-likeness (QED) is 0.432. The van der Waals surface area contributed by atoms with Crippen LogP contribution in [0, 0.1) is 5.92 Å². The van der Waals surface area contributed by atoms with E-state index in [1.165, 1.54) is 35.6 Å². The number of aliphatic imine (C=N–C) groups is 1. The van der Waals surface area contributed by atoms with E-state index in [1.807, 2.05) is 51.3 Å². The molecule has 2 heterocycles. The molecule has 204 valence electrons. The van der Waals surface area contributed by atoms with E-state index in [1.54, 1.807) is 14.2 Å². The van der Waals surface area contributed by atoms with Gasteiger partial charge in [-0.15, -0.1) is 0 Å². The lowest BCUT2D eigenvalue weighted by atomic mass is 9.91. The third-order valence-corrected chi connectivity index (χ3v) is 7.57. The minimum Gasteiger partial charge on any atom is -0.497 e. The molecule has 1 fully saturated rings. The van der Waals surface area contributed by atoms with Gasteiger partial charge in [-0.25, -0.2) is 0 Å². The molecule has 0 amide bonds. The molecule has 0 radical (unpaired) electrons. The molecule has 37 heavy (non-hydrogen) atoms. The lowest BCUT2D eigenvalue weighted by Gasteiger charge is -2.36. The Labute approximate surface area is 227 Å². The van der Waals surface area contributed by atoms with Crippen molar-refractivity contribution in [3.8, 4) is 11.5 Å². The number of likely N-dealkylation sites (tertiary alicyclic amines) is 1. The second kappa shape index (κ2) is 19.3. The van der Waals surface area contributed by atoms with Crippen LogP contribution in [0.5, 0.6) is 11.5 Å². The van der Waals surface area contributed by atoms with E-state index in [4.69, 9.17) is 24.1 Å². The third-order valence-electron chi connectivity index (χ3n) is 6.51. The maximum Gasteiger partial charge on any atom is 0.159 e. The van der Waals surface area contributed by atoms with Gasteiger partial charge < -0.3 is 24.0 Å². The highest BCUT2D eigenvalue weighted by atomic mass is 32.2. The molecule has 0 aliphatic carbocycles. The van der Waals surface area contributed by atoms with Crippen molar-refractivity contribution >= 4 is 30.5 Å². The topological polar surface area (TPSA) is 68.2 Å². The number of nitrogens with zero attached hydrogens (tertiary/aromatic N) is 2. The predicted octanol–water partition coefficient (Wildman–Crippen LogP) is 6.11. The van der Waals surface area contributed by atoms with Gasteiger partial charge >= 0.3 is 0 Å². The zero-order valence-electron chi connectivity index (χ0n) is 23.0. The summed E-state index contributed by atoms with van der Waals surface area (Å²) in [6, 6.07) is 17.2. The number of hydrogen-bond donors (Lipinski definition) is 0. The maximum atomic E-state index is 8.00. The van der Waals surface area contributed by atoms with Gasteiger partial charge in [0, 0.05) is 18.8 Å². The maximum absolute atomic E-state index is 8.00. The van der Waals surface area contributed by atoms with Gasteiger partial charge in [-0.1, -0.05) is 55.9 Å². The Kier molecular flexibility index (Phi) is 16.8. The number of rotatable bonds is 7. The number of amidine groups is 1. The van der Waals surface area contributed by atoms with Gasteiger partial charge in [-0.05, 0) is 73.8 Å². The Bertz CT molecular complexity index is 897. The molecule has 2 aromatic carbocycles. The normalized spacial score (nSPS) is 16.9. The largest absolute Gasteiger partial charge is 0.497 e. The van der Waals surface area contributed by atoms with Crippen LogP contribution in [0.4, 0.5) is 0 Å². The monoisotopic (exact) mass is 528 g/mol. The summed E-state index contributed by atoms with van der Waals surface area (Å²) < 4.78 is 10.8. The highest BCUT2D eigenvalue weighted by Gasteiger charge is 2.25. The summed E-state index contributed by atoms with van der Waals surface area (Å²) in [5.74, 6) is 3.90. The summed E-state index contributed by atoms with van der Waals surface area (Å²) in [6.07, 6.45) is 7.08. The minimum absolute atomic E-state index is 0.361. The average Bonchev–Trinajstić information content (AvgIpc) is 3.00. The van der Waals surface area contributed by atoms with Gasteiger partial charge in [0.05, 0.1) is 20.3 Å². The summed E-state index contributed by atoms with van der Waals surface area (Å²) in [7, 11) is 3.47. The van der Waals surface area contributed by atoms with Crippen LogP contribution in [0.1, 0.15) is 50.7 Å². The second-order valence-electron chi connectivity index (χ2n) is 8.54. The van der Waals surface area contributed by atoms with Crippen LogP contribution in [-0.2, 0) is 22.4 Å². The number of methoxy groups -OCH3 is 2. The predicted molar refractivity (Wildman–Crippen MR) is 156 cm³/mol. The molecule has 6 nitrogen and oxygen atoms in total. The summed E-state index contributed by atoms with van der Waals surface area (Å²) in [6.45, 7) is 10.3. The van der Waals surface area contributed by atoms with E-state index in [-0.39, 0.29) is 0 Å². The summed E-state index contributed by atoms with van der Waals surface area (Å²) in [5.41, 5.74) is 2.68. The lowest BCUT2D eigenvalue weighted by Crippen LogP contribution is -2.39. The zero-order chi connectivity index (χ0) is 27.5. The van der Waals surface area contributed by atoms with Gasteiger partial charge in [0.25, 0.3) is 0 Å². The Morgan fingerprint density at radius 1 is 0.919 bits per heavy atom. The van der Waals surface area contributed by atoms with Crippen LogP contribution in [0.2, 0.25) is 0 Å². The molecule has 2 aliphatic rings. The highest BCUT2D eigenvalue weighted by molar-refractivity contribution is 8.13. The van der Waals surface area contributed by atoms with Crippen molar-refractivity contribution in [2.75, 3.05) is 33.1 Å². The lowest BCUT2D eigenvalue weighted by molar-refractivity contribution is -0.0987. The molecule has 4 rings (SSSR count). The number of para-hydroxylation sites is 1. The molecule has 0 bridgehead atoms. The Morgan fingerprint density at radius 2 is 1.57 bits per heavy atom. The molecule has 2 aliphatic heterocycles. The molecule has 7 heteroatoms. The standard InChI is InChI=1S/C26H34N2O2S.C2H6.2CH2O/c1-29-24-11-9-20(10-12-24)7-8-21-13-16-28(17-14-21)26-27-23(15-18-31-26)19-22-5-3-4-6-25(22)30-2;3*1-2/h3-6,9-12,21,23H,7-8,13-19H2,1-2H3;1-2H3;2*1H2. The molecule has 0 spiro atoms. The van der Waals surface area contributed by atoms with Crippen molar-refractivity contribution in [3.63, 3.8) is 0 Å². The first kappa shape index (κ1) is 32.2. The van der Waals surface area contributed by atoms with Crippen molar-refractivity contribution in [2.24, 2.45) is 10.9 Å². The van der Waals surface area contributed by atoms with Gasteiger partial charge in [0.2, 0.25) is 0 Å². The molecule has 0 N–H and O–H groups in total. The fourth-order valence-corrected chi connectivity index (χ4v) is 5.73. The number of carbonyl (C=O) groups is 2. The first-order valence-electron chi connectivity index (χ1n) is 13.0. The molecule has 1 saturated heterocycles. The van der Waals surface area contributed by atoms with E-state index in [9.17, 15) is 0 Å². The molecule has 2 aromatic rings. The minimum atomic E-state index is 0.361. The molecule has 1 unspecified atom stereocenters. The highest BCUT2D eigenvalue weighted by Crippen LogP contribution is 2.29. The van der Waals surface area contributed by atoms with Crippen LogP contribution in [0.3, 0.4) is 0 Å². The third kappa shape index (κ3) is 10.6. The van der Waals surface area contributed by atoms with Gasteiger partial charge in [-0.2, -0.15) is 0 Å². The zero-order valence-corrected chi connectivity index (χ0v) is 23.8. The Balaban J connectivity index is 0.00000106. The number of benzene rings is 2. The number of ether oxygens (including phenoxy) is 2. The Morgan fingerprint density at radius 3 is 2.19 bits per heavy atom. The van der Waals surface area contributed by atoms with E-state index >= 15 is 0 Å². The number of carbonyl (C=O) groups excluding carboxylic acids is 2. The van der Waals surface area contributed by atoms with Crippen molar-refractivity contribution in [3.05, 3.63) is 59.7 Å². The molecule has 1 atom stereocenters. The van der Waals surface area contributed by atoms with Crippen molar-refractivity contribution < 1.29 is 19.1 Å². The van der Waals surface area contributed by atoms with Crippen LogP contribution < -0.4 is 9.47 Å². The van der Waals surface area contributed by atoms with Crippen LogP contribution in [-0.4, -0.2) is 62.7 Å². The summed E-state index contributed by atoms with van der Waals surface area (Å²) in [4.78, 5) is 23.7. The summed E-state index contributed by atoms with van der Waals surface area (Å²) in [5, 5.41) is 1.26. The molecule has 0 aromatic heterocycles. The van der Waals surface area contributed by atoms with E-state index < -0.39 is 0 Å². The van der Waals surface area contributed by atoms with Crippen molar-refractivity contribution in [1.29, 1.82) is 0 Å². The van der Waals surface area contributed by atoms with E-state index in [0.717, 1.165) is 55.5 Å². The van der Waals surface area contributed by atoms with Crippen LogP contribution in [0.15, 0.2) is 53.5 Å². The molecular formula is C30H44N2O4S. The molecule has 0 saturated carbocycles. The fraction of sp³-hybridized carbons (Fsp3) is 0.500. The van der Waals surface area contributed by atoms with Gasteiger partial charge in [-0.3, -0.25) is 4.99 Å². The average molecular weight is 529 g/mol. The van der Waals surface area contributed by atoms with Gasteiger partial charge in [0.15, 0.2) is 5.17 Å².